The lowest BCUT2D eigenvalue weighted by Crippen LogP contribution is -2.30. The first-order valence-electron chi connectivity index (χ1n) is 9.69. The first-order chi connectivity index (χ1) is 13.6. The van der Waals surface area contributed by atoms with Crippen LogP contribution >= 0.6 is 0 Å². The standard InChI is InChI=1S/C22H24N4O2/c1-15(28-22(27)16-8-4-2-5-9-16)19-12-17-14-24-20(23)13-18(17)21(25-19)26-10-6-3-7-11-26/h2,4-5,8-9,12-15H,3,6-7,10-11H2,1H3,(H2,23,24)/t15-/m1/s1. The second-order valence-electron chi connectivity index (χ2n) is 7.16. The number of hydrogen-bond acceptors (Lipinski definition) is 6. The van der Waals surface area contributed by atoms with Crippen molar-refractivity contribution in [2.24, 2.45) is 0 Å². The molecule has 2 N–H and O–H groups in total. The molecule has 1 saturated heterocycles. The molecular formula is C22H24N4O2. The maximum Gasteiger partial charge on any atom is 0.338 e. The van der Waals surface area contributed by atoms with Gasteiger partial charge in [-0.3, -0.25) is 0 Å². The van der Waals surface area contributed by atoms with Gasteiger partial charge < -0.3 is 15.4 Å². The minimum absolute atomic E-state index is 0.357. The van der Waals surface area contributed by atoms with E-state index in [-0.39, 0.29) is 5.97 Å². The van der Waals surface area contributed by atoms with Gasteiger partial charge >= 0.3 is 5.97 Å². The number of anilines is 2. The van der Waals surface area contributed by atoms with E-state index in [4.69, 9.17) is 15.5 Å². The molecule has 0 saturated carbocycles. The lowest BCUT2D eigenvalue weighted by molar-refractivity contribution is 0.0330. The van der Waals surface area contributed by atoms with Crippen LogP contribution in [0, 0.1) is 0 Å². The number of rotatable bonds is 4. The summed E-state index contributed by atoms with van der Waals surface area (Å²) < 4.78 is 5.67. The van der Waals surface area contributed by atoms with E-state index in [0.717, 1.165) is 42.5 Å². The maximum atomic E-state index is 12.4. The summed E-state index contributed by atoms with van der Waals surface area (Å²) in [4.78, 5) is 23.8. The Morgan fingerprint density at radius 1 is 1.14 bits per heavy atom. The maximum absolute atomic E-state index is 12.4. The number of piperidine rings is 1. The van der Waals surface area contributed by atoms with Crippen molar-refractivity contribution in [2.45, 2.75) is 32.3 Å². The van der Waals surface area contributed by atoms with E-state index in [9.17, 15) is 4.79 Å². The van der Waals surface area contributed by atoms with Crippen LogP contribution in [0.15, 0.2) is 48.7 Å². The quantitative estimate of drug-likeness (QED) is 0.690. The zero-order valence-corrected chi connectivity index (χ0v) is 16.0. The van der Waals surface area contributed by atoms with Gasteiger partial charge in [0.05, 0.1) is 11.3 Å². The van der Waals surface area contributed by atoms with Gasteiger partial charge in [0.2, 0.25) is 0 Å². The highest BCUT2D eigenvalue weighted by molar-refractivity contribution is 5.94. The van der Waals surface area contributed by atoms with Crippen molar-refractivity contribution in [1.29, 1.82) is 0 Å². The van der Waals surface area contributed by atoms with E-state index in [0.29, 0.717) is 17.1 Å². The van der Waals surface area contributed by atoms with Crippen LogP contribution in [0.25, 0.3) is 10.8 Å². The first kappa shape index (κ1) is 18.2. The van der Waals surface area contributed by atoms with Crippen molar-refractivity contribution in [3.8, 4) is 0 Å². The lowest BCUT2D eigenvalue weighted by atomic mass is 10.1. The molecule has 0 amide bonds. The van der Waals surface area contributed by atoms with Crippen LogP contribution < -0.4 is 10.6 Å². The van der Waals surface area contributed by atoms with E-state index >= 15 is 0 Å². The third-order valence-electron chi connectivity index (χ3n) is 5.10. The van der Waals surface area contributed by atoms with Crippen molar-refractivity contribution < 1.29 is 9.53 Å². The fourth-order valence-corrected chi connectivity index (χ4v) is 3.58. The number of pyridine rings is 2. The van der Waals surface area contributed by atoms with Crippen LogP contribution in [-0.2, 0) is 4.74 Å². The average Bonchev–Trinajstić information content (AvgIpc) is 2.74. The molecule has 0 radical (unpaired) electrons. The molecular weight excluding hydrogens is 352 g/mol. The Morgan fingerprint density at radius 2 is 1.89 bits per heavy atom. The number of nitrogens with two attached hydrogens (primary N) is 1. The first-order valence-corrected chi connectivity index (χ1v) is 9.69. The largest absolute Gasteiger partial charge is 0.453 e. The zero-order chi connectivity index (χ0) is 19.5. The lowest BCUT2D eigenvalue weighted by Gasteiger charge is -2.29. The molecule has 3 aromatic rings. The van der Waals surface area contributed by atoms with Gasteiger partial charge in [0.1, 0.15) is 17.7 Å². The molecule has 1 aliphatic rings. The summed E-state index contributed by atoms with van der Waals surface area (Å²) in [5, 5.41) is 1.93. The predicted octanol–water partition coefficient (Wildman–Crippen LogP) is 4.12. The van der Waals surface area contributed by atoms with Crippen LogP contribution in [0.4, 0.5) is 11.6 Å². The Morgan fingerprint density at radius 3 is 2.64 bits per heavy atom. The number of nitrogen functional groups attached to an aromatic ring is 1. The van der Waals surface area contributed by atoms with E-state index in [2.05, 4.69) is 9.88 Å². The van der Waals surface area contributed by atoms with Crippen molar-refractivity contribution in [1.82, 2.24) is 9.97 Å². The number of nitrogens with zero attached hydrogens (tertiary/aromatic N) is 3. The molecule has 0 aliphatic carbocycles. The normalized spacial score (nSPS) is 15.4. The molecule has 1 aromatic carbocycles. The molecule has 0 spiro atoms. The summed E-state index contributed by atoms with van der Waals surface area (Å²) in [6.07, 6.45) is 4.81. The highest BCUT2D eigenvalue weighted by Gasteiger charge is 2.21. The number of hydrogen-bond donors (Lipinski definition) is 1. The van der Waals surface area contributed by atoms with Gasteiger partial charge in [0.25, 0.3) is 0 Å². The third kappa shape index (κ3) is 3.76. The molecule has 3 heterocycles. The number of fused-ring (bicyclic) bond motifs is 1. The minimum atomic E-state index is -0.474. The molecule has 0 bridgehead atoms. The van der Waals surface area contributed by atoms with Crippen LogP contribution in [0.3, 0.4) is 0 Å². The van der Waals surface area contributed by atoms with E-state index in [1.54, 1.807) is 18.3 Å². The van der Waals surface area contributed by atoms with E-state index in [1.807, 2.05) is 37.3 Å². The summed E-state index contributed by atoms with van der Waals surface area (Å²) in [6.45, 7) is 3.78. The highest BCUT2D eigenvalue weighted by Crippen LogP contribution is 2.31. The number of esters is 1. The molecule has 144 valence electrons. The van der Waals surface area contributed by atoms with Crippen molar-refractivity contribution in [2.75, 3.05) is 23.7 Å². The molecule has 6 heteroatoms. The van der Waals surface area contributed by atoms with Gasteiger partial charge in [-0.15, -0.1) is 0 Å². The van der Waals surface area contributed by atoms with Crippen molar-refractivity contribution in [3.63, 3.8) is 0 Å². The smallest absolute Gasteiger partial charge is 0.338 e. The minimum Gasteiger partial charge on any atom is -0.453 e. The molecule has 0 unspecified atom stereocenters. The molecule has 1 fully saturated rings. The zero-order valence-electron chi connectivity index (χ0n) is 16.0. The second-order valence-corrected chi connectivity index (χ2v) is 7.16. The van der Waals surface area contributed by atoms with Crippen molar-refractivity contribution >= 4 is 28.4 Å². The van der Waals surface area contributed by atoms with Gasteiger partial charge in [-0.05, 0) is 50.5 Å². The van der Waals surface area contributed by atoms with Crippen LogP contribution in [0.2, 0.25) is 0 Å². The Kier molecular flexibility index (Phi) is 5.10. The van der Waals surface area contributed by atoms with Crippen LogP contribution in [0.1, 0.15) is 48.3 Å². The van der Waals surface area contributed by atoms with Gasteiger partial charge in [-0.25, -0.2) is 14.8 Å². The van der Waals surface area contributed by atoms with Gasteiger partial charge in [0, 0.05) is 30.1 Å². The van der Waals surface area contributed by atoms with Gasteiger partial charge in [0.15, 0.2) is 0 Å². The number of benzene rings is 1. The molecule has 1 atom stereocenters. The molecule has 1 aliphatic heterocycles. The summed E-state index contributed by atoms with van der Waals surface area (Å²) in [5.41, 5.74) is 7.16. The van der Waals surface area contributed by atoms with Gasteiger partial charge in [-0.2, -0.15) is 0 Å². The highest BCUT2D eigenvalue weighted by atomic mass is 16.5. The number of carbonyl (C=O) groups is 1. The van der Waals surface area contributed by atoms with Crippen LogP contribution in [0.5, 0.6) is 0 Å². The number of aromatic nitrogens is 2. The summed E-state index contributed by atoms with van der Waals surface area (Å²) in [6, 6.07) is 12.8. The summed E-state index contributed by atoms with van der Waals surface area (Å²) >= 11 is 0. The monoisotopic (exact) mass is 376 g/mol. The predicted molar refractivity (Wildman–Crippen MR) is 110 cm³/mol. The molecule has 28 heavy (non-hydrogen) atoms. The number of ether oxygens (including phenoxy) is 1. The molecule has 2 aromatic heterocycles. The number of carbonyl (C=O) groups excluding carboxylic acids is 1. The summed E-state index contributed by atoms with van der Waals surface area (Å²) in [5.74, 6) is 1.01. The van der Waals surface area contributed by atoms with Crippen molar-refractivity contribution in [3.05, 3.63) is 59.9 Å². The average molecular weight is 376 g/mol. The topological polar surface area (TPSA) is 81.3 Å². The Labute approximate surface area is 164 Å². The van der Waals surface area contributed by atoms with Gasteiger partial charge in [-0.1, -0.05) is 18.2 Å². The third-order valence-corrected chi connectivity index (χ3v) is 5.10. The second kappa shape index (κ2) is 7.84. The molecule has 4 rings (SSSR count). The fourth-order valence-electron chi connectivity index (χ4n) is 3.58. The summed E-state index contributed by atoms with van der Waals surface area (Å²) in [7, 11) is 0. The van der Waals surface area contributed by atoms with Crippen LogP contribution in [-0.4, -0.2) is 29.0 Å². The Hall–Kier alpha value is -3.15. The Bertz CT molecular complexity index is 984. The Balaban J connectivity index is 1.68. The SMILES string of the molecule is C[C@@H](OC(=O)c1ccccc1)c1cc2cnc(N)cc2c(N2CCCCC2)n1. The van der Waals surface area contributed by atoms with E-state index in [1.165, 1.54) is 6.42 Å². The fraction of sp³-hybridized carbons (Fsp3) is 0.318. The van der Waals surface area contributed by atoms with E-state index < -0.39 is 6.10 Å². The molecule has 6 nitrogen and oxygen atoms in total.